The average molecular weight is 356 g/mol. The first kappa shape index (κ1) is 17.6. The minimum Gasteiger partial charge on any atom is -0.358 e. The molecule has 1 aliphatic carbocycles. The third-order valence-electron chi connectivity index (χ3n) is 4.84. The highest BCUT2D eigenvalue weighted by Crippen LogP contribution is 2.23. The van der Waals surface area contributed by atoms with Crippen LogP contribution in [0.25, 0.3) is 5.69 Å². The third kappa shape index (κ3) is 4.66. The van der Waals surface area contributed by atoms with Crippen LogP contribution < -0.4 is 10.7 Å². The molecule has 6 heteroatoms. The van der Waals surface area contributed by atoms with Crippen molar-refractivity contribution >= 4 is 23.0 Å². The van der Waals surface area contributed by atoms with Gasteiger partial charge in [-0.25, -0.2) is 4.98 Å². The van der Waals surface area contributed by atoms with Gasteiger partial charge in [-0.3, -0.25) is 5.43 Å². The quantitative estimate of drug-likeness (QED) is 0.499. The van der Waals surface area contributed by atoms with E-state index in [2.05, 4.69) is 52.0 Å². The van der Waals surface area contributed by atoms with E-state index in [0.29, 0.717) is 17.1 Å². The van der Waals surface area contributed by atoms with Crippen molar-refractivity contribution in [2.24, 2.45) is 11.0 Å². The molecule has 1 aliphatic rings. The second-order valence-electron chi connectivity index (χ2n) is 6.67. The number of rotatable bonds is 4. The van der Waals surface area contributed by atoms with Gasteiger partial charge in [0, 0.05) is 24.1 Å². The minimum absolute atomic E-state index is 0.457. The fourth-order valence-corrected chi connectivity index (χ4v) is 3.41. The van der Waals surface area contributed by atoms with Crippen molar-refractivity contribution in [2.75, 3.05) is 0 Å². The first-order valence-corrected chi connectivity index (χ1v) is 9.24. The largest absolute Gasteiger partial charge is 0.358 e. The molecule has 3 rings (SSSR count). The van der Waals surface area contributed by atoms with Crippen molar-refractivity contribution in [1.82, 2.24) is 20.3 Å². The Morgan fingerprint density at radius 2 is 2.00 bits per heavy atom. The molecule has 0 amide bonds. The average Bonchev–Trinajstić information content (AvgIpc) is 3.16. The van der Waals surface area contributed by atoms with Crippen molar-refractivity contribution < 1.29 is 0 Å². The van der Waals surface area contributed by atoms with Crippen molar-refractivity contribution in [3.05, 3.63) is 48.5 Å². The molecule has 132 valence electrons. The van der Waals surface area contributed by atoms with Gasteiger partial charge in [0.2, 0.25) is 0 Å². The number of hydrogen-bond donors (Lipinski definition) is 2. The maximum Gasteiger partial charge on any atom is 0.187 e. The molecule has 1 heterocycles. The summed E-state index contributed by atoms with van der Waals surface area (Å²) in [5.41, 5.74) is 6.02. The van der Waals surface area contributed by atoms with Gasteiger partial charge >= 0.3 is 0 Å². The Bertz CT molecular complexity index is 721. The molecule has 2 aromatic rings. The van der Waals surface area contributed by atoms with Gasteiger partial charge < -0.3 is 9.88 Å². The van der Waals surface area contributed by atoms with Crippen LogP contribution in [0.1, 0.15) is 45.1 Å². The van der Waals surface area contributed by atoms with E-state index in [1.807, 2.05) is 17.7 Å². The fourth-order valence-electron chi connectivity index (χ4n) is 3.22. The SMILES string of the molecule is C/C(=N/NC(=S)N[C@@H]1CCCC[C@H]1C)c1ccc(-n2ccnc2)cc1. The van der Waals surface area contributed by atoms with E-state index in [0.717, 1.165) is 17.0 Å². The molecule has 1 fully saturated rings. The number of nitrogens with one attached hydrogen (secondary N) is 2. The lowest BCUT2D eigenvalue weighted by molar-refractivity contribution is 0.308. The third-order valence-corrected chi connectivity index (χ3v) is 5.05. The monoisotopic (exact) mass is 355 g/mol. The van der Waals surface area contributed by atoms with Gasteiger partial charge in [0.15, 0.2) is 5.11 Å². The second kappa shape index (κ2) is 8.25. The van der Waals surface area contributed by atoms with E-state index in [4.69, 9.17) is 12.2 Å². The Morgan fingerprint density at radius 1 is 1.24 bits per heavy atom. The van der Waals surface area contributed by atoms with E-state index in [-0.39, 0.29) is 0 Å². The number of hydrogen-bond acceptors (Lipinski definition) is 3. The predicted octanol–water partition coefficient (Wildman–Crippen LogP) is 3.64. The summed E-state index contributed by atoms with van der Waals surface area (Å²) in [5, 5.41) is 8.43. The van der Waals surface area contributed by atoms with Crippen LogP contribution in [0.15, 0.2) is 48.1 Å². The molecule has 1 aromatic heterocycles. The number of nitrogens with zero attached hydrogens (tertiary/aromatic N) is 3. The lowest BCUT2D eigenvalue weighted by atomic mass is 9.86. The van der Waals surface area contributed by atoms with Crippen LogP contribution in [-0.2, 0) is 0 Å². The van der Waals surface area contributed by atoms with Gasteiger partial charge in [-0.05, 0) is 55.6 Å². The summed E-state index contributed by atoms with van der Waals surface area (Å²) in [6.07, 6.45) is 10.5. The van der Waals surface area contributed by atoms with Gasteiger partial charge in [-0.1, -0.05) is 31.9 Å². The molecule has 0 unspecified atom stereocenters. The summed E-state index contributed by atoms with van der Waals surface area (Å²) in [5.74, 6) is 0.661. The lowest BCUT2D eigenvalue weighted by Gasteiger charge is -2.30. The normalized spacial score (nSPS) is 21.0. The van der Waals surface area contributed by atoms with Crippen LogP contribution in [0.2, 0.25) is 0 Å². The summed E-state index contributed by atoms with van der Waals surface area (Å²) in [7, 11) is 0. The first-order chi connectivity index (χ1) is 12.1. The van der Waals surface area contributed by atoms with Crippen molar-refractivity contribution in [2.45, 2.75) is 45.6 Å². The van der Waals surface area contributed by atoms with E-state index >= 15 is 0 Å². The number of imidazole rings is 1. The summed E-state index contributed by atoms with van der Waals surface area (Å²) in [6.45, 7) is 4.26. The van der Waals surface area contributed by atoms with Crippen LogP contribution in [-0.4, -0.2) is 26.4 Å². The van der Waals surface area contributed by atoms with E-state index in [1.54, 1.807) is 12.5 Å². The topological polar surface area (TPSA) is 54.2 Å². The molecule has 0 aliphatic heterocycles. The van der Waals surface area contributed by atoms with Crippen LogP contribution in [0.5, 0.6) is 0 Å². The van der Waals surface area contributed by atoms with Crippen molar-refractivity contribution in [3.63, 3.8) is 0 Å². The summed E-state index contributed by atoms with van der Waals surface area (Å²) in [4.78, 5) is 4.07. The van der Waals surface area contributed by atoms with E-state index in [9.17, 15) is 0 Å². The summed E-state index contributed by atoms with van der Waals surface area (Å²) >= 11 is 5.39. The molecule has 0 bridgehead atoms. The highest BCUT2D eigenvalue weighted by atomic mass is 32.1. The second-order valence-corrected chi connectivity index (χ2v) is 7.08. The minimum atomic E-state index is 0.457. The molecule has 1 saturated carbocycles. The van der Waals surface area contributed by atoms with Gasteiger partial charge in [-0.2, -0.15) is 5.10 Å². The Balaban J connectivity index is 1.56. The van der Waals surface area contributed by atoms with Crippen molar-refractivity contribution in [3.8, 4) is 5.69 Å². The Hall–Kier alpha value is -2.21. The van der Waals surface area contributed by atoms with Crippen molar-refractivity contribution in [1.29, 1.82) is 0 Å². The van der Waals surface area contributed by atoms with Crippen LogP contribution in [0.3, 0.4) is 0 Å². The predicted molar refractivity (Wildman–Crippen MR) is 106 cm³/mol. The van der Waals surface area contributed by atoms with Crippen LogP contribution in [0.4, 0.5) is 0 Å². The fraction of sp³-hybridized carbons (Fsp3) is 0.421. The Labute approximate surface area is 154 Å². The van der Waals surface area contributed by atoms with Gasteiger partial charge in [0.1, 0.15) is 0 Å². The molecule has 5 nitrogen and oxygen atoms in total. The maximum atomic E-state index is 5.39. The highest BCUT2D eigenvalue weighted by Gasteiger charge is 2.21. The van der Waals surface area contributed by atoms with E-state index < -0.39 is 0 Å². The lowest BCUT2D eigenvalue weighted by Crippen LogP contribution is -2.44. The maximum absolute atomic E-state index is 5.39. The zero-order chi connectivity index (χ0) is 17.6. The molecule has 2 N–H and O–H groups in total. The molecule has 2 atom stereocenters. The molecule has 25 heavy (non-hydrogen) atoms. The molecule has 0 saturated heterocycles. The smallest absolute Gasteiger partial charge is 0.187 e. The molecule has 1 aromatic carbocycles. The molecular formula is C19H25N5S. The number of aromatic nitrogens is 2. The Kier molecular flexibility index (Phi) is 5.81. The zero-order valence-corrected chi connectivity index (χ0v) is 15.6. The first-order valence-electron chi connectivity index (χ1n) is 8.83. The van der Waals surface area contributed by atoms with Crippen LogP contribution in [0, 0.1) is 5.92 Å². The van der Waals surface area contributed by atoms with Gasteiger partial charge in [-0.15, -0.1) is 0 Å². The molecule has 0 radical (unpaired) electrons. The summed E-state index contributed by atoms with van der Waals surface area (Å²) < 4.78 is 1.97. The van der Waals surface area contributed by atoms with Crippen LogP contribution >= 0.6 is 12.2 Å². The van der Waals surface area contributed by atoms with Gasteiger partial charge in [0.25, 0.3) is 0 Å². The van der Waals surface area contributed by atoms with E-state index in [1.165, 1.54) is 25.7 Å². The number of hydrazone groups is 1. The molecule has 0 spiro atoms. The number of thiocarbonyl (C=S) groups is 1. The Morgan fingerprint density at radius 3 is 2.68 bits per heavy atom. The number of benzene rings is 1. The highest BCUT2D eigenvalue weighted by molar-refractivity contribution is 7.80. The summed E-state index contributed by atoms with van der Waals surface area (Å²) in [6, 6.07) is 8.66. The molecular weight excluding hydrogens is 330 g/mol. The standard InChI is InChI=1S/C19H25N5S/c1-14-5-3-4-6-18(14)21-19(25)23-22-15(2)16-7-9-17(10-8-16)24-12-11-20-13-24/h7-14,18H,3-6H2,1-2H3,(H2,21,23,25)/b22-15-/t14-,18-/m1/s1. The zero-order valence-electron chi connectivity index (χ0n) is 14.8. The van der Waals surface area contributed by atoms with Gasteiger partial charge in [0.05, 0.1) is 12.0 Å².